The van der Waals surface area contributed by atoms with Crippen LogP contribution in [0, 0.1) is 6.07 Å². The van der Waals surface area contributed by atoms with Crippen molar-refractivity contribution in [1.29, 1.82) is 0 Å². The average Bonchev–Trinajstić information content (AvgIpc) is 2.56. The van der Waals surface area contributed by atoms with Crippen LogP contribution in [-0.2, 0) is 0 Å². The van der Waals surface area contributed by atoms with E-state index in [0.717, 1.165) is 24.5 Å². The molecule has 0 saturated carbocycles. The van der Waals surface area contributed by atoms with Crippen LogP contribution in [0.25, 0.3) is 0 Å². The zero-order valence-electron chi connectivity index (χ0n) is 11.1. The van der Waals surface area contributed by atoms with E-state index in [4.69, 9.17) is 0 Å². The zero-order valence-corrected chi connectivity index (χ0v) is 11.1. The lowest BCUT2D eigenvalue weighted by Crippen LogP contribution is -2.49. The lowest BCUT2D eigenvalue weighted by Gasteiger charge is -2.35. The van der Waals surface area contributed by atoms with Crippen LogP contribution in [0.15, 0.2) is 42.9 Å². The van der Waals surface area contributed by atoms with Crippen LogP contribution >= 0.6 is 0 Å². The highest BCUT2D eigenvalue weighted by molar-refractivity contribution is 5.94. The number of piperazine rings is 1. The van der Waals surface area contributed by atoms with Gasteiger partial charge in [0.15, 0.2) is 0 Å². The summed E-state index contributed by atoms with van der Waals surface area (Å²) in [5.74, 6) is 0.951. The van der Waals surface area contributed by atoms with Crippen molar-refractivity contribution >= 4 is 11.7 Å². The molecule has 1 aromatic carbocycles. The van der Waals surface area contributed by atoms with Crippen LogP contribution in [0.2, 0.25) is 0 Å². The average molecular weight is 267 g/mol. The standard InChI is InChI=1S/C15H15N4O/c20-15(13-4-2-1-3-5-13)19-10-8-18(9-11-19)14-12-16-6-7-17-14/h2-7,12H,8-11H2. The Kier molecular flexibility index (Phi) is 3.58. The Morgan fingerprint density at radius 2 is 1.85 bits per heavy atom. The maximum Gasteiger partial charge on any atom is 0.253 e. The molecular weight excluding hydrogens is 252 g/mol. The molecule has 1 aliphatic heterocycles. The molecule has 1 fully saturated rings. The molecule has 1 radical (unpaired) electrons. The first kappa shape index (κ1) is 12.6. The van der Waals surface area contributed by atoms with Crippen LogP contribution < -0.4 is 4.90 Å². The minimum Gasteiger partial charge on any atom is -0.352 e. The lowest BCUT2D eigenvalue weighted by molar-refractivity contribution is 0.0746. The van der Waals surface area contributed by atoms with Crippen molar-refractivity contribution in [2.75, 3.05) is 31.1 Å². The summed E-state index contributed by atoms with van der Waals surface area (Å²) in [5, 5.41) is 0. The van der Waals surface area contributed by atoms with Gasteiger partial charge in [0.25, 0.3) is 5.91 Å². The van der Waals surface area contributed by atoms with Crippen LogP contribution in [0.1, 0.15) is 10.4 Å². The van der Waals surface area contributed by atoms with Crippen molar-refractivity contribution in [3.05, 3.63) is 54.5 Å². The van der Waals surface area contributed by atoms with Gasteiger partial charge in [-0.25, -0.2) is 4.98 Å². The minimum absolute atomic E-state index is 0.0813. The van der Waals surface area contributed by atoms with Gasteiger partial charge in [-0.05, 0) is 18.2 Å². The first-order chi connectivity index (χ1) is 9.84. The summed E-state index contributed by atoms with van der Waals surface area (Å²) < 4.78 is 0. The summed E-state index contributed by atoms with van der Waals surface area (Å²) >= 11 is 0. The van der Waals surface area contributed by atoms with Crippen molar-refractivity contribution in [2.24, 2.45) is 0 Å². The molecule has 20 heavy (non-hydrogen) atoms. The molecule has 5 heteroatoms. The van der Waals surface area contributed by atoms with Crippen molar-refractivity contribution in [2.45, 2.75) is 0 Å². The van der Waals surface area contributed by atoms with Crippen molar-refractivity contribution < 1.29 is 4.79 Å². The van der Waals surface area contributed by atoms with Gasteiger partial charge in [0.05, 0.1) is 6.20 Å². The van der Waals surface area contributed by atoms with Gasteiger partial charge >= 0.3 is 0 Å². The van der Waals surface area contributed by atoms with Gasteiger partial charge in [-0.1, -0.05) is 12.1 Å². The molecule has 2 aromatic rings. The van der Waals surface area contributed by atoms with Gasteiger partial charge in [-0.2, -0.15) is 0 Å². The topological polar surface area (TPSA) is 49.3 Å². The van der Waals surface area contributed by atoms with Crippen LogP contribution in [-0.4, -0.2) is 47.0 Å². The maximum atomic E-state index is 12.3. The van der Waals surface area contributed by atoms with Gasteiger partial charge in [-0.15, -0.1) is 0 Å². The van der Waals surface area contributed by atoms with Crippen LogP contribution in [0.4, 0.5) is 5.82 Å². The summed E-state index contributed by atoms with van der Waals surface area (Å²) in [6, 6.07) is 10.1. The Labute approximate surface area is 117 Å². The van der Waals surface area contributed by atoms with E-state index in [1.54, 1.807) is 42.9 Å². The molecular formula is C15H15N4O. The first-order valence-corrected chi connectivity index (χ1v) is 6.61. The zero-order chi connectivity index (χ0) is 13.8. The van der Waals surface area contributed by atoms with Crippen molar-refractivity contribution in [1.82, 2.24) is 14.9 Å². The maximum absolute atomic E-state index is 12.3. The predicted octanol–water partition coefficient (Wildman–Crippen LogP) is 1.24. The molecule has 1 aliphatic rings. The fraction of sp³-hybridized carbons (Fsp3) is 0.267. The molecule has 2 heterocycles. The number of amides is 1. The Morgan fingerprint density at radius 3 is 2.50 bits per heavy atom. The molecule has 0 aliphatic carbocycles. The van der Waals surface area contributed by atoms with E-state index in [9.17, 15) is 4.79 Å². The second-order valence-corrected chi connectivity index (χ2v) is 4.63. The van der Waals surface area contributed by atoms with Crippen molar-refractivity contribution in [3.8, 4) is 0 Å². The number of carbonyl (C=O) groups is 1. The van der Waals surface area contributed by atoms with Gasteiger partial charge in [-0.3, -0.25) is 9.78 Å². The van der Waals surface area contributed by atoms with Crippen LogP contribution in [0.5, 0.6) is 0 Å². The van der Waals surface area contributed by atoms with Crippen molar-refractivity contribution in [3.63, 3.8) is 0 Å². The van der Waals surface area contributed by atoms with E-state index in [2.05, 4.69) is 20.9 Å². The smallest absolute Gasteiger partial charge is 0.253 e. The van der Waals surface area contributed by atoms with E-state index in [1.165, 1.54) is 0 Å². The quantitative estimate of drug-likeness (QED) is 0.821. The molecule has 1 aromatic heterocycles. The largest absolute Gasteiger partial charge is 0.352 e. The molecule has 0 spiro atoms. The summed E-state index contributed by atoms with van der Waals surface area (Å²) in [5.41, 5.74) is 0.719. The number of aromatic nitrogens is 2. The highest BCUT2D eigenvalue weighted by Gasteiger charge is 2.22. The summed E-state index contributed by atoms with van der Waals surface area (Å²) in [7, 11) is 0. The third-order valence-electron chi connectivity index (χ3n) is 3.41. The molecule has 1 amide bonds. The molecule has 0 bridgehead atoms. The van der Waals surface area contributed by atoms with Gasteiger partial charge in [0, 0.05) is 44.1 Å². The fourth-order valence-corrected chi connectivity index (χ4v) is 2.31. The number of hydrogen-bond acceptors (Lipinski definition) is 4. The molecule has 0 unspecified atom stereocenters. The molecule has 0 atom stereocenters. The Morgan fingerprint density at radius 1 is 1.10 bits per heavy atom. The van der Waals surface area contributed by atoms with Gasteiger partial charge in [0.1, 0.15) is 5.82 Å². The number of benzene rings is 1. The number of rotatable bonds is 2. The lowest BCUT2D eigenvalue weighted by atomic mass is 10.2. The molecule has 1 saturated heterocycles. The number of anilines is 1. The SMILES string of the molecule is O=C(c1cc[c]cc1)N1CCN(c2cnccn2)CC1. The third kappa shape index (κ3) is 2.61. The second-order valence-electron chi connectivity index (χ2n) is 4.63. The molecule has 101 valence electrons. The minimum atomic E-state index is 0.0813. The molecule has 3 rings (SSSR count). The highest BCUT2D eigenvalue weighted by atomic mass is 16.2. The van der Waals surface area contributed by atoms with Gasteiger partial charge in [0.2, 0.25) is 0 Å². The molecule has 0 N–H and O–H groups in total. The molecule has 5 nitrogen and oxygen atoms in total. The normalized spacial score (nSPS) is 15.2. The highest BCUT2D eigenvalue weighted by Crippen LogP contribution is 2.13. The summed E-state index contributed by atoms with van der Waals surface area (Å²) in [4.78, 5) is 24.7. The first-order valence-electron chi connectivity index (χ1n) is 6.61. The van der Waals surface area contributed by atoms with E-state index in [1.807, 2.05) is 4.90 Å². The summed E-state index contributed by atoms with van der Waals surface area (Å²) in [6.45, 7) is 2.97. The third-order valence-corrected chi connectivity index (χ3v) is 3.41. The predicted molar refractivity (Wildman–Crippen MR) is 75.4 cm³/mol. The Bertz CT molecular complexity index is 565. The number of carbonyl (C=O) groups excluding carboxylic acids is 1. The van der Waals surface area contributed by atoms with Gasteiger partial charge < -0.3 is 9.80 Å². The monoisotopic (exact) mass is 267 g/mol. The second kappa shape index (κ2) is 5.69. The van der Waals surface area contributed by atoms with E-state index >= 15 is 0 Å². The number of nitrogens with zero attached hydrogens (tertiary/aromatic N) is 4. The Balaban J connectivity index is 1.63. The van der Waals surface area contributed by atoms with E-state index in [-0.39, 0.29) is 5.91 Å². The summed E-state index contributed by atoms with van der Waals surface area (Å²) in [6.07, 6.45) is 5.10. The van der Waals surface area contributed by atoms with E-state index < -0.39 is 0 Å². The van der Waals surface area contributed by atoms with Crippen LogP contribution in [0.3, 0.4) is 0 Å². The fourth-order valence-electron chi connectivity index (χ4n) is 2.31. The Hall–Kier alpha value is -2.43. The van der Waals surface area contributed by atoms with E-state index in [0.29, 0.717) is 13.1 Å². The number of hydrogen-bond donors (Lipinski definition) is 0.